The van der Waals surface area contributed by atoms with Crippen LogP contribution < -0.4 is 4.74 Å². The van der Waals surface area contributed by atoms with Crippen molar-refractivity contribution in [3.63, 3.8) is 0 Å². The Balaban J connectivity index is 1.33. The Hall–Kier alpha value is -1.41. The maximum absolute atomic E-state index is 13.0. The lowest BCUT2D eigenvalue weighted by atomic mass is 10.1. The molecule has 0 radical (unpaired) electrons. The summed E-state index contributed by atoms with van der Waals surface area (Å²) in [7, 11) is -3.45. The normalized spacial score (nSPS) is 18.5. The summed E-state index contributed by atoms with van der Waals surface area (Å²) in [4.78, 5) is 4.01. The standard InChI is InChI=1S/C22H30N2O3S2/c1-18-6-8-20(9-7-18)29(25,26)24-14-10-19-16-22(28-21(19)17-24)27-15-5-13-23-11-3-2-4-12-23/h6-9,16H,2-5,10-15,17H2,1H3. The van der Waals surface area contributed by atoms with Crippen LogP contribution in [-0.2, 0) is 23.0 Å². The molecule has 0 spiro atoms. The molecule has 29 heavy (non-hydrogen) atoms. The number of hydrogen-bond donors (Lipinski definition) is 0. The average molecular weight is 435 g/mol. The predicted octanol–water partition coefficient (Wildman–Crippen LogP) is 4.06. The van der Waals surface area contributed by atoms with Crippen LogP contribution in [0.4, 0.5) is 0 Å². The van der Waals surface area contributed by atoms with Gasteiger partial charge in [-0.15, -0.1) is 11.3 Å². The van der Waals surface area contributed by atoms with Gasteiger partial charge in [-0.25, -0.2) is 8.42 Å². The third-order valence-electron chi connectivity index (χ3n) is 5.79. The van der Waals surface area contributed by atoms with E-state index < -0.39 is 10.0 Å². The number of thiophene rings is 1. The van der Waals surface area contributed by atoms with Crippen LogP contribution in [0.15, 0.2) is 35.2 Å². The zero-order valence-electron chi connectivity index (χ0n) is 17.1. The second-order valence-electron chi connectivity index (χ2n) is 8.02. The van der Waals surface area contributed by atoms with Crippen molar-refractivity contribution in [2.45, 2.75) is 50.5 Å². The lowest BCUT2D eigenvalue weighted by Gasteiger charge is -2.26. The molecule has 0 atom stereocenters. The summed E-state index contributed by atoms with van der Waals surface area (Å²) in [5.74, 6) is 0. The van der Waals surface area contributed by atoms with E-state index in [1.807, 2.05) is 19.1 Å². The number of rotatable bonds is 7. The van der Waals surface area contributed by atoms with Gasteiger partial charge in [0.05, 0.1) is 11.5 Å². The van der Waals surface area contributed by atoms with Crippen molar-refractivity contribution >= 4 is 21.4 Å². The molecule has 4 rings (SSSR count). The first-order valence-corrected chi connectivity index (χ1v) is 12.8. The van der Waals surface area contributed by atoms with E-state index in [0.717, 1.165) is 41.5 Å². The molecule has 0 unspecified atom stereocenters. The Morgan fingerprint density at radius 2 is 1.83 bits per heavy atom. The maximum Gasteiger partial charge on any atom is 0.243 e. The van der Waals surface area contributed by atoms with Crippen molar-refractivity contribution in [3.05, 3.63) is 46.3 Å². The van der Waals surface area contributed by atoms with Crippen molar-refractivity contribution in [2.24, 2.45) is 0 Å². The van der Waals surface area contributed by atoms with Gasteiger partial charge in [0.2, 0.25) is 10.0 Å². The molecule has 0 bridgehead atoms. The number of fused-ring (bicyclic) bond motifs is 1. The molecule has 1 aromatic heterocycles. The molecular formula is C22H30N2O3S2. The number of piperidine rings is 1. The summed E-state index contributed by atoms with van der Waals surface area (Å²) in [5, 5.41) is 0.920. The number of nitrogens with zero attached hydrogens (tertiary/aromatic N) is 2. The van der Waals surface area contributed by atoms with Crippen molar-refractivity contribution < 1.29 is 13.2 Å². The van der Waals surface area contributed by atoms with Crippen LogP contribution in [0.2, 0.25) is 0 Å². The van der Waals surface area contributed by atoms with Crippen molar-refractivity contribution in [3.8, 4) is 5.06 Å². The fourth-order valence-corrected chi connectivity index (χ4v) is 6.64. The van der Waals surface area contributed by atoms with Crippen LogP contribution in [0.5, 0.6) is 5.06 Å². The fraction of sp³-hybridized carbons (Fsp3) is 0.545. The zero-order valence-corrected chi connectivity index (χ0v) is 18.7. The topological polar surface area (TPSA) is 49.9 Å². The van der Waals surface area contributed by atoms with Gasteiger partial charge in [-0.1, -0.05) is 24.1 Å². The number of ether oxygens (including phenoxy) is 1. The Labute approximate surface area is 178 Å². The van der Waals surface area contributed by atoms with Gasteiger partial charge < -0.3 is 9.64 Å². The van der Waals surface area contributed by atoms with Crippen LogP contribution in [0.1, 0.15) is 41.7 Å². The monoisotopic (exact) mass is 434 g/mol. The molecule has 5 nitrogen and oxygen atoms in total. The summed E-state index contributed by atoms with van der Waals surface area (Å²) in [6.07, 6.45) is 5.79. The van der Waals surface area contributed by atoms with Crippen LogP contribution in [0.25, 0.3) is 0 Å². The fourth-order valence-electron chi connectivity index (χ4n) is 4.05. The molecule has 0 aliphatic carbocycles. The van der Waals surface area contributed by atoms with E-state index in [-0.39, 0.29) is 0 Å². The smallest absolute Gasteiger partial charge is 0.243 e. The van der Waals surface area contributed by atoms with E-state index in [1.165, 1.54) is 37.9 Å². The van der Waals surface area contributed by atoms with Gasteiger partial charge in [0.15, 0.2) is 5.06 Å². The van der Waals surface area contributed by atoms with Crippen molar-refractivity contribution in [2.75, 3.05) is 32.8 Å². The molecule has 2 aromatic rings. The van der Waals surface area contributed by atoms with Crippen molar-refractivity contribution in [1.82, 2.24) is 9.21 Å². The van der Waals surface area contributed by atoms with E-state index in [0.29, 0.717) is 18.0 Å². The quantitative estimate of drug-likeness (QED) is 0.617. The minimum Gasteiger partial charge on any atom is -0.484 e. The Kier molecular flexibility index (Phi) is 6.59. The molecule has 7 heteroatoms. The van der Waals surface area contributed by atoms with Gasteiger partial charge in [-0.2, -0.15) is 4.31 Å². The minimum absolute atomic E-state index is 0.372. The summed E-state index contributed by atoms with van der Waals surface area (Å²) in [6, 6.07) is 9.21. The first kappa shape index (κ1) is 20.8. The van der Waals surface area contributed by atoms with Gasteiger partial charge >= 0.3 is 0 Å². The largest absolute Gasteiger partial charge is 0.484 e. The van der Waals surface area contributed by atoms with Crippen molar-refractivity contribution in [1.29, 1.82) is 0 Å². The number of benzene rings is 1. The highest BCUT2D eigenvalue weighted by Crippen LogP contribution is 2.35. The number of likely N-dealkylation sites (tertiary alicyclic amines) is 1. The van der Waals surface area contributed by atoms with E-state index in [4.69, 9.17) is 4.74 Å². The predicted molar refractivity (Wildman–Crippen MR) is 117 cm³/mol. The van der Waals surface area contributed by atoms with Crippen LogP contribution in [-0.4, -0.2) is 50.4 Å². The molecule has 1 aromatic carbocycles. The zero-order chi connectivity index (χ0) is 20.3. The van der Waals surface area contributed by atoms with Gasteiger partial charge in [-0.05, 0) is 69.5 Å². The highest BCUT2D eigenvalue weighted by atomic mass is 32.2. The number of aryl methyl sites for hydroxylation is 1. The molecule has 0 N–H and O–H groups in total. The van der Waals surface area contributed by atoms with Crippen LogP contribution in [0.3, 0.4) is 0 Å². The van der Waals surface area contributed by atoms with Crippen LogP contribution in [0, 0.1) is 6.92 Å². The van der Waals surface area contributed by atoms with Gasteiger partial charge in [0.25, 0.3) is 0 Å². The summed E-state index contributed by atoms with van der Waals surface area (Å²) in [6.45, 7) is 7.19. The molecule has 0 amide bonds. The molecule has 3 heterocycles. The molecule has 0 saturated carbocycles. The van der Waals surface area contributed by atoms with Gasteiger partial charge in [0.1, 0.15) is 0 Å². The molecular weight excluding hydrogens is 404 g/mol. The third kappa shape index (κ3) is 5.02. The third-order valence-corrected chi connectivity index (χ3v) is 8.73. The molecule has 1 saturated heterocycles. The van der Waals surface area contributed by atoms with E-state index >= 15 is 0 Å². The highest BCUT2D eigenvalue weighted by molar-refractivity contribution is 7.89. The molecule has 1 fully saturated rings. The highest BCUT2D eigenvalue weighted by Gasteiger charge is 2.29. The first-order valence-electron chi connectivity index (χ1n) is 10.6. The molecule has 158 valence electrons. The average Bonchev–Trinajstić information content (AvgIpc) is 3.14. The lowest BCUT2D eigenvalue weighted by molar-refractivity contribution is 0.206. The molecule has 2 aliphatic heterocycles. The van der Waals surface area contributed by atoms with E-state index in [1.54, 1.807) is 27.8 Å². The SMILES string of the molecule is Cc1ccc(S(=O)(=O)N2CCc3cc(OCCCN4CCCCC4)sc3C2)cc1. The maximum atomic E-state index is 13.0. The summed E-state index contributed by atoms with van der Waals surface area (Å²) >= 11 is 1.60. The summed E-state index contributed by atoms with van der Waals surface area (Å²) < 4.78 is 33.5. The Morgan fingerprint density at radius 3 is 2.59 bits per heavy atom. The second kappa shape index (κ2) is 9.16. The Morgan fingerprint density at radius 1 is 1.07 bits per heavy atom. The lowest BCUT2D eigenvalue weighted by Crippen LogP contribution is -2.35. The van der Waals surface area contributed by atoms with E-state index in [2.05, 4.69) is 11.0 Å². The number of hydrogen-bond acceptors (Lipinski definition) is 5. The second-order valence-corrected chi connectivity index (χ2v) is 11.1. The Bertz CT molecular complexity index is 916. The number of sulfonamides is 1. The summed E-state index contributed by atoms with van der Waals surface area (Å²) in [5.41, 5.74) is 2.29. The van der Waals surface area contributed by atoms with Gasteiger partial charge in [-0.3, -0.25) is 0 Å². The minimum atomic E-state index is -3.45. The van der Waals surface area contributed by atoms with Gasteiger partial charge in [0, 0.05) is 24.5 Å². The first-order chi connectivity index (χ1) is 14.0. The molecule has 2 aliphatic rings. The van der Waals surface area contributed by atoms with E-state index in [9.17, 15) is 8.42 Å². The van der Waals surface area contributed by atoms with Crippen LogP contribution >= 0.6 is 11.3 Å².